The third-order valence-corrected chi connectivity index (χ3v) is 3.06. The van der Waals surface area contributed by atoms with Crippen LogP contribution >= 0.6 is 0 Å². The maximum absolute atomic E-state index is 11.6. The quantitative estimate of drug-likeness (QED) is 0.732. The number of ether oxygens (including phenoxy) is 1. The van der Waals surface area contributed by atoms with E-state index in [0.29, 0.717) is 5.75 Å². The van der Waals surface area contributed by atoms with Crippen molar-refractivity contribution in [1.82, 2.24) is 5.32 Å². The number of para-hydroxylation sites is 1. The molecule has 1 aromatic carbocycles. The van der Waals surface area contributed by atoms with Crippen LogP contribution in [0.1, 0.15) is 38.5 Å². The van der Waals surface area contributed by atoms with Crippen molar-refractivity contribution in [3.63, 3.8) is 0 Å². The number of nitrogens with zero attached hydrogens (tertiary/aromatic N) is 1. The summed E-state index contributed by atoms with van der Waals surface area (Å²) in [5, 5.41) is 4.13. The second-order valence-electron chi connectivity index (χ2n) is 4.46. The first-order valence-corrected chi connectivity index (χ1v) is 6.32. The number of carbonyl (C=O) groups is 1. The molecule has 0 unspecified atom stereocenters. The van der Waals surface area contributed by atoms with Crippen LogP contribution in [0.4, 0.5) is 4.79 Å². The summed E-state index contributed by atoms with van der Waals surface area (Å²) in [6.07, 6.45) is 6.45. The fraction of sp³-hybridized carbons (Fsp3) is 0.500. The zero-order valence-electron chi connectivity index (χ0n) is 9.97. The average Bonchev–Trinajstić information content (AvgIpc) is 2.59. The number of benzene rings is 1. The fourth-order valence-corrected chi connectivity index (χ4v) is 2.15. The van der Waals surface area contributed by atoms with Gasteiger partial charge in [0.1, 0.15) is 5.75 Å². The van der Waals surface area contributed by atoms with E-state index < -0.39 is 6.09 Å². The standard InChI is InChI=1S/C14H18NO2/c16-14(17-13-10-6-3-7-11-13)15-12-8-4-1-2-5-9-12/h3,6-7,10-12H,1-2,4-5,8-9H2. The van der Waals surface area contributed by atoms with Gasteiger partial charge < -0.3 is 4.74 Å². The molecule has 1 fully saturated rings. The normalized spacial score (nSPS) is 17.2. The Bertz CT molecular complexity index is 342. The molecule has 1 amide bonds. The lowest BCUT2D eigenvalue weighted by molar-refractivity contribution is 0.193. The molecular formula is C14H18NO2. The summed E-state index contributed by atoms with van der Waals surface area (Å²) >= 11 is 0. The minimum Gasteiger partial charge on any atom is -0.409 e. The van der Waals surface area contributed by atoms with Gasteiger partial charge in [0.25, 0.3) is 0 Å². The monoisotopic (exact) mass is 232 g/mol. The van der Waals surface area contributed by atoms with Gasteiger partial charge in [-0.2, -0.15) is 0 Å². The number of carbonyl (C=O) groups excluding carboxylic acids is 1. The first-order valence-electron chi connectivity index (χ1n) is 6.32. The Kier molecular flexibility index (Phi) is 4.42. The second-order valence-corrected chi connectivity index (χ2v) is 4.46. The van der Waals surface area contributed by atoms with Gasteiger partial charge in [0.05, 0.1) is 6.04 Å². The van der Waals surface area contributed by atoms with Gasteiger partial charge in [-0.3, -0.25) is 0 Å². The molecule has 0 N–H and O–H groups in total. The van der Waals surface area contributed by atoms with Crippen LogP contribution in [-0.4, -0.2) is 12.1 Å². The van der Waals surface area contributed by atoms with Crippen molar-refractivity contribution in [2.45, 2.75) is 44.6 Å². The van der Waals surface area contributed by atoms with Crippen molar-refractivity contribution in [3.05, 3.63) is 30.3 Å². The Hall–Kier alpha value is -1.51. The van der Waals surface area contributed by atoms with Crippen molar-refractivity contribution in [1.29, 1.82) is 0 Å². The van der Waals surface area contributed by atoms with Crippen molar-refractivity contribution in [2.75, 3.05) is 0 Å². The molecule has 91 valence electrons. The zero-order valence-corrected chi connectivity index (χ0v) is 9.97. The number of amides is 1. The van der Waals surface area contributed by atoms with Gasteiger partial charge in [0, 0.05) is 0 Å². The summed E-state index contributed by atoms with van der Waals surface area (Å²) in [7, 11) is 0. The minimum atomic E-state index is -0.455. The maximum atomic E-state index is 11.6. The molecule has 0 atom stereocenters. The van der Waals surface area contributed by atoms with Crippen LogP contribution in [-0.2, 0) is 0 Å². The predicted molar refractivity (Wildman–Crippen MR) is 66.1 cm³/mol. The highest BCUT2D eigenvalue weighted by atomic mass is 16.6. The van der Waals surface area contributed by atoms with Crippen LogP contribution in [0, 0.1) is 0 Å². The molecule has 0 spiro atoms. The SMILES string of the molecule is O=C([N]C1CCCCCC1)Oc1ccccc1. The summed E-state index contributed by atoms with van der Waals surface area (Å²) in [4.78, 5) is 11.6. The van der Waals surface area contributed by atoms with E-state index in [1.165, 1.54) is 25.7 Å². The summed E-state index contributed by atoms with van der Waals surface area (Å²) in [5.41, 5.74) is 0. The highest BCUT2D eigenvalue weighted by Gasteiger charge is 2.17. The molecule has 0 heterocycles. The van der Waals surface area contributed by atoms with Crippen molar-refractivity contribution in [3.8, 4) is 5.75 Å². The Morgan fingerprint density at radius 2 is 1.71 bits per heavy atom. The zero-order chi connectivity index (χ0) is 11.9. The van der Waals surface area contributed by atoms with Crippen LogP contribution < -0.4 is 10.1 Å². The molecule has 1 aliphatic rings. The molecule has 3 heteroatoms. The molecule has 0 bridgehead atoms. The van der Waals surface area contributed by atoms with Crippen LogP contribution in [0.25, 0.3) is 0 Å². The summed E-state index contributed by atoms with van der Waals surface area (Å²) < 4.78 is 5.15. The summed E-state index contributed by atoms with van der Waals surface area (Å²) in [6, 6.07) is 9.26. The van der Waals surface area contributed by atoms with E-state index in [1.807, 2.05) is 18.2 Å². The smallest absolute Gasteiger partial charge is 0.409 e. The highest BCUT2D eigenvalue weighted by Crippen LogP contribution is 2.18. The number of rotatable bonds is 2. The Labute approximate surface area is 102 Å². The summed E-state index contributed by atoms with van der Waals surface area (Å²) in [5.74, 6) is 0.565. The Balaban J connectivity index is 1.80. The lowest BCUT2D eigenvalue weighted by Crippen LogP contribution is -2.29. The molecule has 1 aliphatic carbocycles. The highest BCUT2D eigenvalue weighted by molar-refractivity contribution is 5.70. The van der Waals surface area contributed by atoms with Gasteiger partial charge in [-0.05, 0) is 25.0 Å². The van der Waals surface area contributed by atoms with Crippen molar-refractivity contribution >= 4 is 6.09 Å². The molecule has 17 heavy (non-hydrogen) atoms. The molecule has 0 saturated heterocycles. The van der Waals surface area contributed by atoms with Gasteiger partial charge in [-0.1, -0.05) is 43.9 Å². The minimum absolute atomic E-state index is 0.161. The maximum Gasteiger partial charge on any atom is 0.434 e. The largest absolute Gasteiger partial charge is 0.434 e. The lowest BCUT2D eigenvalue weighted by Gasteiger charge is -2.12. The van der Waals surface area contributed by atoms with Gasteiger partial charge in [0.15, 0.2) is 0 Å². The molecule has 1 saturated carbocycles. The molecular weight excluding hydrogens is 214 g/mol. The topological polar surface area (TPSA) is 40.4 Å². The fourth-order valence-electron chi connectivity index (χ4n) is 2.15. The van der Waals surface area contributed by atoms with E-state index in [4.69, 9.17) is 4.74 Å². The molecule has 1 aromatic rings. The molecule has 3 nitrogen and oxygen atoms in total. The van der Waals surface area contributed by atoms with E-state index >= 15 is 0 Å². The predicted octanol–water partition coefficient (Wildman–Crippen LogP) is 3.51. The van der Waals surface area contributed by atoms with E-state index in [9.17, 15) is 4.79 Å². The summed E-state index contributed by atoms with van der Waals surface area (Å²) in [6.45, 7) is 0. The molecule has 2 rings (SSSR count). The number of hydrogen-bond donors (Lipinski definition) is 0. The van der Waals surface area contributed by atoms with E-state index in [1.54, 1.807) is 12.1 Å². The van der Waals surface area contributed by atoms with Gasteiger partial charge in [0.2, 0.25) is 0 Å². The Morgan fingerprint density at radius 1 is 1.06 bits per heavy atom. The molecule has 0 aromatic heterocycles. The first kappa shape index (κ1) is 12.0. The average molecular weight is 232 g/mol. The lowest BCUT2D eigenvalue weighted by atomic mass is 10.1. The van der Waals surface area contributed by atoms with Gasteiger partial charge in [-0.15, -0.1) is 0 Å². The Morgan fingerprint density at radius 3 is 2.35 bits per heavy atom. The molecule has 1 radical (unpaired) electrons. The molecule has 0 aliphatic heterocycles. The van der Waals surface area contributed by atoms with Crippen LogP contribution in [0.3, 0.4) is 0 Å². The third-order valence-electron chi connectivity index (χ3n) is 3.06. The van der Waals surface area contributed by atoms with Gasteiger partial charge >= 0.3 is 6.09 Å². The van der Waals surface area contributed by atoms with Gasteiger partial charge in [-0.25, -0.2) is 10.1 Å². The van der Waals surface area contributed by atoms with E-state index in [2.05, 4.69) is 5.32 Å². The number of hydrogen-bond acceptors (Lipinski definition) is 2. The van der Waals surface area contributed by atoms with Crippen LogP contribution in [0.5, 0.6) is 5.75 Å². The second kappa shape index (κ2) is 6.28. The third kappa shape index (κ3) is 4.10. The van der Waals surface area contributed by atoms with E-state index in [-0.39, 0.29) is 6.04 Å². The van der Waals surface area contributed by atoms with Crippen molar-refractivity contribution < 1.29 is 9.53 Å². The van der Waals surface area contributed by atoms with Crippen LogP contribution in [0.15, 0.2) is 30.3 Å². The van der Waals surface area contributed by atoms with E-state index in [0.717, 1.165) is 12.8 Å². The van der Waals surface area contributed by atoms with Crippen LogP contribution in [0.2, 0.25) is 0 Å². The first-order chi connectivity index (χ1) is 8.34. The van der Waals surface area contributed by atoms with Crippen molar-refractivity contribution in [2.24, 2.45) is 0 Å².